The highest BCUT2D eigenvalue weighted by atomic mass is 16.5. The molecular weight excluding hydrogens is 204 g/mol. The molecule has 1 fully saturated rings. The third-order valence-electron chi connectivity index (χ3n) is 3.63. The summed E-state index contributed by atoms with van der Waals surface area (Å²) in [7, 11) is 0. The molecule has 0 amide bonds. The molecule has 1 saturated carbocycles. The van der Waals surface area contributed by atoms with Gasteiger partial charge in [-0.15, -0.1) is 0 Å². The van der Waals surface area contributed by atoms with Gasteiger partial charge in [-0.3, -0.25) is 4.79 Å². The summed E-state index contributed by atoms with van der Waals surface area (Å²) in [5.41, 5.74) is -0.501. The van der Waals surface area contributed by atoms with Crippen LogP contribution in [0.2, 0.25) is 0 Å². The average Bonchev–Trinajstić information content (AvgIpc) is 2.33. The van der Waals surface area contributed by atoms with E-state index in [1.54, 1.807) is 6.92 Å². The summed E-state index contributed by atoms with van der Waals surface area (Å²) in [6.45, 7) is 8.63. The van der Waals surface area contributed by atoms with Crippen molar-refractivity contribution < 1.29 is 14.6 Å². The lowest BCUT2D eigenvalue weighted by Crippen LogP contribution is -2.33. The monoisotopic (exact) mass is 228 g/mol. The van der Waals surface area contributed by atoms with Gasteiger partial charge in [0.1, 0.15) is 0 Å². The van der Waals surface area contributed by atoms with Gasteiger partial charge in [0.2, 0.25) is 0 Å². The van der Waals surface area contributed by atoms with E-state index in [1.807, 2.05) is 0 Å². The van der Waals surface area contributed by atoms with Crippen molar-refractivity contribution in [1.82, 2.24) is 0 Å². The minimum atomic E-state index is -0.684. The fourth-order valence-electron chi connectivity index (χ4n) is 2.98. The molecule has 1 N–H and O–H groups in total. The van der Waals surface area contributed by atoms with Crippen molar-refractivity contribution in [3.63, 3.8) is 0 Å². The third kappa shape index (κ3) is 3.21. The topological polar surface area (TPSA) is 46.5 Å². The molecule has 0 aromatic heterocycles. The van der Waals surface area contributed by atoms with Crippen LogP contribution >= 0.6 is 0 Å². The van der Waals surface area contributed by atoms with Gasteiger partial charge in [-0.25, -0.2) is 0 Å². The van der Waals surface area contributed by atoms with Crippen LogP contribution in [-0.2, 0) is 9.53 Å². The molecule has 3 heteroatoms. The number of ether oxygens (including phenoxy) is 1. The second-order valence-electron chi connectivity index (χ2n) is 5.85. The molecule has 3 nitrogen and oxygen atoms in total. The van der Waals surface area contributed by atoms with Crippen molar-refractivity contribution >= 4 is 5.97 Å². The van der Waals surface area contributed by atoms with E-state index in [-0.39, 0.29) is 17.3 Å². The standard InChI is InChI=1S/C13H24O3/c1-5-16-11(14)6-7-13(15)9-12(3,4)8-10(13)2/h10,15H,5-9H2,1-4H3. The maximum atomic E-state index is 11.3. The molecule has 2 unspecified atom stereocenters. The SMILES string of the molecule is CCOC(=O)CCC1(O)CC(C)(C)CC1C. The van der Waals surface area contributed by atoms with Crippen LogP contribution in [0, 0.1) is 11.3 Å². The van der Waals surface area contributed by atoms with E-state index in [0.717, 1.165) is 12.8 Å². The Kier molecular flexibility index (Phi) is 4.00. The first-order valence-electron chi connectivity index (χ1n) is 6.17. The largest absolute Gasteiger partial charge is 0.466 e. The van der Waals surface area contributed by atoms with Crippen molar-refractivity contribution in [2.75, 3.05) is 6.61 Å². The van der Waals surface area contributed by atoms with Crippen LogP contribution in [0.3, 0.4) is 0 Å². The second kappa shape index (κ2) is 4.74. The average molecular weight is 228 g/mol. The highest BCUT2D eigenvalue weighted by Crippen LogP contribution is 2.49. The van der Waals surface area contributed by atoms with Crippen LogP contribution < -0.4 is 0 Å². The zero-order valence-electron chi connectivity index (χ0n) is 10.9. The first kappa shape index (κ1) is 13.5. The normalized spacial score (nSPS) is 32.7. The van der Waals surface area contributed by atoms with Crippen molar-refractivity contribution in [2.24, 2.45) is 11.3 Å². The first-order valence-corrected chi connectivity index (χ1v) is 6.17. The van der Waals surface area contributed by atoms with E-state index in [4.69, 9.17) is 4.74 Å². The second-order valence-corrected chi connectivity index (χ2v) is 5.85. The zero-order valence-corrected chi connectivity index (χ0v) is 10.9. The summed E-state index contributed by atoms with van der Waals surface area (Å²) in [6, 6.07) is 0. The summed E-state index contributed by atoms with van der Waals surface area (Å²) in [4.78, 5) is 11.3. The van der Waals surface area contributed by atoms with Crippen LogP contribution in [0.25, 0.3) is 0 Å². The minimum absolute atomic E-state index is 0.183. The van der Waals surface area contributed by atoms with Gasteiger partial charge in [0.25, 0.3) is 0 Å². The van der Waals surface area contributed by atoms with Gasteiger partial charge < -0.3 is 9.84 Å². The molecule has 1 aliphatic rings. The Labute approximate surface area is 98.2 Å². The van der Waals surface area contributed by atoms with Gasteiger partial charge >= 0.3 is 5.97 Å². The van der Waals surface area contributed by atoms with Gasteiger partial charge in [0.15, 0.2) is 0 Å². The lowest BCUT2D eigenvalue weighted by Gasteiger charge is -2.28. The summed E-state index contributed by atoms with van der Waals surface area (Å²) >= 11 is 0. The van der Waals surface area contributed by atoms with E-state index < -0.39 is 5.60 Å². The number of aliphatic hydroxyl groups is 1. The molecule has 0 aromatic rings. The Balaban J connectivity index is 2.50. The van der Waals surface area contributed by atoms with Gasteiger partial charge in [-0.05, 0) is 37.5 Å². The summed E-state index contributed by atoms with van der Waals surface area (Å²) in [6.07, 6.45) is 2.65. The molecule has 0 bridgehead atoms. The van der Waals surface area contributed by atoms with E-state index in [9.17, 15) is 9.90 Å². The van der Waals surface area contributed by atoms with Crippen molar-refractivity contribution in [3.8, 4) is 0 Å². The molecular formula is C13H24O3. The quantitative estimate of drug-likeness (QED) is 0.752. The van der Waals surface area contributed by atoms with Crippen molar-refractivity contribution in [3.05, 3.63) is 0 Å². The van der Waals surface area contributed by atoms with E-state index >= 15 is 0 Å². The van der Waals surface area contributed by atoms with Crippen molar-refractivity contribution in [1.29, 1.82) is 0 Å². The number of esters is 1. The zero-order chi connectivity index (χ0) is 12.4. The van der Waals surface area contributed by atoms with E-state index in [2.05, 4.69) is 20.8 Å². The number of carbonyl (C=O) groups is 1. The molecule has 0 saturated heterocycles. The number of rotatable bonds is 4. The van der Waals surface area contributed by atoms with E-state index in [1.165, 1.54) is 0 Å². The summed E-state index contributed by atoms with van der Waals surface area (Å²) < 4.78 is 4.88. The Morgan fingerprint density at radius 2 is 2.12 bits per heavy atom. The highest BCUT2D eigenvalue weighted by Gasteiger charge is 2.47. The highest BCUT2D eigenvalue weighted by molar-refractivity contribution is 5.69. The summed E-state index contributed by atoms with van der Waals surface area (Å²) in [5, 5.41) is 10.5. The minimum Gasteiger partial charge on any atom is -0.466 e. The molecule has 1 rings (SSSR count). The summed E-state index contributed by atoms with van der Waals surface area (Å²) in [5.74, 6) is 0.0600. The molecule has 0 aliphatic heterocycles. The first-order chi connectivity index (χ1) is 7.29. The number of hydrogen-bond acceptors (Lipinski definition) is 3. The third-order valence-corrected chi connectivity index (χ3v) is 3.63. The van der Waals surface area contributed by atoms with Gasteiger partial charge in [0, 0.05) is 6.42 Å². The van der Waals surface area contributed by atoms with Crippen LogP contribution in [0.1, 0.15) is 53.4 Å². The Bertz CT molecular complexity index is 260. The fourth-order valence-corrected chi connectivity index (χ4v) is 2.98. The van der Waals surface area contributed by atoms with Gasteiger partial charge in [-0.2, -0.15) is 0 Å². The predicted octanol–water partition coefficient (Wildman–Crippen LogP) is 2.52. The number of carbonyl (C=O) groups excluding carboxylic acids is 1. The molecule has 0 aromatic carbocycles. The van der Waals surface area contributed by atoms with Crippen LogP contribution in [-0.4, -0.2) is 23.3 Å². The predicted molar refractivity (Wildman–Crippen MR) is 63.0 cm³/mol. The molecule has 94 valence electrons. The van der Waals surface area contributed by atoms with Crippen molar-refractivity contribution in [2.45, 2.75) is 59.0 Å². The van der Waals surface area contributed by atoms with Crippen LogP contribution in [0.5, 0.6) is 0 Å². The maximum absolute atomic E-state index is 11.3. The Hall–Kier alpha value is -0.570. The maximum Gasteiger partial charge on any atom is 0.305 e. The van der Waals surface area contributed by atoms with Gasteiger partial charge in [-0.1, -0.05) is 20.8 Å². The molecule has 0 radical (unpaired) electrons. The van der Waals surface area contributed by atoms with Crippen LogP contribution in [0.15, 0.2) is 0 Å². The lowest BCUT2D eigenvalue weighted by atomic mass is 9.86. The molecule has 1 aliphatic carbocycles. The molecule has 0 heterocycles. The lowest BCUT2D eigenvalue weighted by molar-refractivity contribution is -0.145. The van der Waals surface area contributed by atoms with E-state index in [0.29, 0.717) is 19.4 Å². The van der Waals surface area contributed by atoms with Gasteiger partial charge in [0.05, 0.1) is 12.2 Å². The Morgan fingerprint density at radius 3 is 2.56 bits per heavy atom. The number of hydrogen-bond donors (Lipinski definition) is 1. The molecule has 16 heavy (non-hydrogen) atoms. The Morgan fingerprint density at radius 1 is 1.50 bits per heavy atom. The molecule has 2 atom stereocenters. The van der Waals surface area contributed by atoms with Crippen LogP contribution in [0.4, 0.5) is 0 Å². The molecule has 0 spiro atoms. The smallest absolute Gasteiger partial charge is 0.305 e. The fraction of sp³-hybridized carbons (Fsp3) is 0.923.